The zero-order chi connectivity index (χ0) is 12.5. The minimum atomic E-state index is -0.549. The van der Waals surface area contributed by atoms with E-state index in [1.807, 2.05) is 25.1 Å². The summed E-state index contributed by atoms with van der Waals surface area (Å²) in [5, 5.41) is 19.2. The van der Waals surface area contributed by atoms with Gasteiger partial charge in [0.15, 0.2) is 0 Å². The molecule has 0 amide bonds. The van der Waals surface area contributed by atoms with Gasteiger partial charge in [-0.2, -0.15) is 5.26 Å². The van der Waals surface area contributed by atoms with E-state index in [0.717, 1.165) is 24.1 Å². The Balaban J connectivity index is 2.14. The highest BCUT2D eigenvalue weighted by Crippen LogP contribution is 2.33. The van der Waals surface area contributed by atoms with Crippen LogP contribution in [0.3, 0.4) is 0 Å². The molecule has 90 valence electrons. The molecule has 1 saturated heterocycles. The SMILES string of the molecule is CCCC1(O)CN(c2ccc(C)cc2C#N)C1. The van der Waals surface area contributed by atoms with Crippen molar-refractivity contribution in [3.63, 3.8) is 0 Å². The van der Waals surface area contributed by atoms with E-state index in [0.29, 0.717) is 18.7 Å². The molecule has 2 rings (SSSR count). The van der Waals surface area contributed by atoms with Crippen LogP contribution in [0.15, 0.2) is 18.2 Å². The maximum absolute atomic E-state index is 10.1. The normalized spacial score (nSPS) is 17.4. The van der Waals surface area contributed by atoms with Gasteiger partial charge in [-0.25, -0.2) is 0 Å². The molecule has 1 aliphatic heterocycles. The molecule has 0 unspecified atom stereocenters. The van der Waals surface area contributed by atoms with Crippen molar-refractivity contribution >= 4 is 5.69 Å². The van der Waals surface area contributed by atoms with Gasteiger partial charge in [0.1, 0.15) is 6.07 Å². The fourth-order valence-electron chi connectivity index (χ4n) is 2.47. The number of aliphatic hydroxyl groups is 1. The molecule has 1 aromatic rings. The number of β-amino-alcohol motifs (C(OH)–C–C–N with tert-alkyl or cyclic N) is 1. The summed E-state index contributed by atoms with van der Waals surface area (Å²) in [6.45, 7) is 5.33. The lowest BCUT2D eigenvalue weighted by Crippen LogP contribution is -2.62. The van der Waals surface area contributed by atoms with Crippen LogP contribution in [0.4, 0.5) is 5.69 Å². The quantitative estimate of drug-likeness (QED) is 0.866. The Hall–Kier alpha value is -1.53. The molecule has 1 aliphatic rings. The van der Waals surface area contributed by atoms with Crippen LogP contribution in [0.25, 0.3) is 0 Å². The lowest BCUT2D eigenvalue weighted by atomic mass is 9.88. The third kappa shape index (κ3) is 2.27. The van der Waals surface area contributed by atoms with Crippen LogP contribution in [-0.4, -0.2) is 23.8 Å². The van der Waals surface area contributed by atoms with Gasteiger partial charge in [-0.1, -0.05) is 19.4 Å². The third-order valence-electron chi connectivity index (χ3n) is 3.30. The molecule has 0 aromatic heterocycles. The van der Waals surface area contributed by atoms with E-state index in [9.17, 15) is 5.11 Å². The second-order valence-electron chi connectivity index (χ2n) is 4.96. The van der Waals surface area contributed by atoms with Gasteiger partial charge < -0.3 is 10.0 Å². The standard InChI is InChI=1S/C14H18N2O/c1-3-6-14(17)9-16(10-14)13-5-4-11(2)7-12(13)8-15/h4-5,7,17H,3,6,9-10H2,1-2H3. The zero-order valence-corrected chi connectivity index (χ0v) is 10.4. The van der Waals surface area contributed by atoms with Crippen LogP contribution in [0.1, 0.15) is 30.9 Å². The molecule has 0 atom stereocenters. The molecule has 1 aromatic carbocycles. The van der Waals surface area contributed by atoms with Crippen molar-refractivity contribution in [2.45, 2.75) is 32.3 Å². The Bertz CT molecular complexity index is 456. The summed E-state index contributed by atoms with van der Waals surface area (Å²) in [6.07, 6.45) is 1.82. The first-order valence-electron chi connectivity index (χ1n) is 6.06. The zero-order valence-electron chi connectivity index (χ0n) is 10.4. The maximum Gasteiger partial charge on any atom is 0.101 e. The van der Waals surface area contributed by atoms with Gasteiger partial charge >= 0.3 is 0 Å². The molecule has 0 aliphatic carbocycles. The fourth-order valence-corrected chi connectivity index (χ4v) is 2.47. The molecular formula is C14H18N2O. The van der Waals surface area contributed by atoms with Gasteiger partial charge in [0.25, 0.3) is 0 Å². The van der Waals surface area contributed by atoms with Crippen molar-refractivity contribution in [2.75, 3.05) is 18.0 Å². The van der Waals surface area contributed by atoms with E-state index in [2.05, 4.69) is 17.9 Å². The monoisotopic (exact) mass is 230 g/mol. The van der Waals surface area contributed by atoms with E-state index >= 15 is 0 Å². The predicted octanol–water partition coefficient (Wildman–Crippen LogP) is 2.22. The highest BCUT2D eigenvalue weighted by atomic mass is 16.3. The highest BCUT2D eigenvalue weighted by molar-refractivity contribution is 5.62. The molecule has 3 nitrogen and oxygen atoms in total. The molecule has 0 saturated carbocycles. The maximum atomic E-state index is 10.1. The Labute approximate surface area is 102 Å². The number of aryl methyl sites for hydroxylation is 1. The number of hydrogen-bond acceptors (Lipinski definition) is 3. The van der Waals surface area contributed by atoms with Crippen LogP contribution in [-0.2, 0) is 0 Å². The molecule has 1 N–H and O–H groups in total. The third-order valence-corrected chi connectivity index (χ3v) is 3.30. The smallest absolute Gasteiger partial charge is 0.101 e. The number of hydrogen-bond donors (Lipinski definition) is 1. The summed E-state index contributed by atoms with van der Waals surface area (Å²) in [6, 6.07) is 8.10. The number of rotatable bonds is 3. The molecule has 0 bridgehead atoms. The van der Waals surface area contributed by atoms with Gasteiger partial charge in [-0.3, -0.25) is 0 Å². The summed E-state index contributed by atoms with van der Waals surface area (Å²) in [7, 11) is 0. The van der Waals surface area contributed by atoms with Gasteiger partial charge in [0.05, 0.1) is 16.9 Å². The van der Waals surface area contributed by atoms with Gasteiger partial charge in [-0.05, 0) is 31.0 Å². The van der Waals surface area contributed by atoms with E-state index < -0.39 is 5.60 Å². The molecule has 0 spiro atoms. The van der Waals surface area contributed by atoms with Crippen molar-refractivity contribution in [3.8, 4) is 6.07 Å². The summed E-state index contributed by atoms with van der Waals surface area (Å²) in [4.78, 5) is 2.08. The van der Waals surface area contributed by atoms with Crippen molar-refractivity contribution in [3.05, 3.63) is 29.3 Å². The number of nitrogens with zero attached hydrogens (tertiary/aromatic N) is 2. The van der Waals surface area contributed by atoms with Crippen molar-refractivity contribution < 1.29 is 5.11 Å². The molecule has 1 heterocycles. The molecule has 3 heteroatoms. The summed E-state index contributed by atoms with van der Waals surface area (Å²) in [5.74, 6) is 0. The molecule has 0 radical (unpaired) electrons. The first-order valence-corrected chi connectivity index (χ1v) is 6.06. The van der Waals surface area contributed by atoms with Crippen LogP contribution in [0.5, 0.6) is 0 Å². The van der Waals surface area contributed by atoms with Gasteiger partial charge in [-0.15, -0.1) is 0 Å². The minimum absolute atomic E-state index is 0.549. The molecule has 1 fully saturated rings. The number of benzene rings is 1. The minimum Gasteiger partial charge on any atom is -0.386 e. The first-order chi connectivity index (χ1) is 8.08. The van der Waals surface area contributed by atoms with Crippen LogP contribution < -0.4 is 4.90 Å². The summed E-state index contributed by atoms with van der Waals surface area (Å²) < 4.78 is 0. The van der Waals surface area contributed by atoms with Crippen molar-refractivity contribution in [2.24, 2.45) is 0 Å². The van der Waals surface area contributed by atoms with Gasteiger partial charge in [0, 0.05) is 13.1 Å². The van der Waals surface area contributed by atoms with E-state index in [1.54, 1.807) is 0 Å². The van der Waals surface area contributed by atoms with Crippen LogP contribution in [0, 0.1) is 18.3 Å². The van der Waals surface area contributed by atoms with Gasteiger partial charge in [0.2, 0.25) is 0 Å². The van der Waals surface area contributed by atoms with Crippen LogP contribution in [0.2, 0.25) is 0 Å². The lowest BCUT2D eigenvalue weighted by Gasteiger charge is -2.48. The Morgan fingerprint density at radius 1 is 1.47 bits per heavy atom. The number of nitriles is 1. The molecular weight excluding hydrogens is 212 g/mol. The average Bonchev–Trinajstić information content (AvgIpc) is 2.26. The topological polar surface area (TPSA) is 47.3 Å². The Morgan fingerprint density at radius 2 is 2.18 bits per heavy atom. The predicted molar refractivity (Wildman–Crippen MR) is 68.0 cm³/mol. The second kappa shape index (κ2) is 4.38. The van der Waals surface area contributed by atoms with E-state index in [1.165, 1.54) is 0 Å². The van der Waals surface area contributed by atoms with Crippen LogP contribution >= 0.6 is 0 Å². The molecule has 17 heavy (non-hydrogen) atoms. The fraction of sp³-hybridized carbons (Fsp3) is 0.500. The lowest BCUT2D eigenvalue weighted by molar-refractivity contribution is 0.00338. The van der Waals surface area contributed by atoms with E-state index in [4.69, 9.17) is 5.26 Å². The van der Waals surface area contributed by atoms with Crippen molar-refractivity contribution in [1.29, 1.82) is 5.26 Å². The summed E-state index contributed by atoms with van der Waals surface area (Å²) >= 11 is 0. The Kier molecular flexibility index (Phi) is 3.08. The van der Waals surface area contributed by atoms with Crippen molar-refractivity contribution in [1.82, 2.24) is 0 Å². The highest BCUT2D eigenvalue weighted by Gasteiger charge is 2.40. The second-order valence-corrected chi connectivity index (χ2v) is 4.96. The largest absolute Gasteiger partial charge is 0.386 e. The van der Waals surface area contributed by atoms with E-state index in [-0.39, 0.29) is 0 Å². The summed E-state index contributed by atoms with van der Waals surface area (Å²) in [5.41, 5.74) is 2.18. The number of anilines is 1. The Morgan fingerprint density at radius 3 is 2.76 bits per heavy atom. The average molecular weight is 230 g/mol. The first kappa shape index (κ1) is 11.9.